The molecule has 1 aliphatic heterocycles. The van der Waals surface area contributed by atoms with Crippen molar-refractivity contribution in [3.8, 4) is 0 Å². The van der Waals surface area contributed by atoms with Gasteiger partial charge in [-0.15, -0.1) is 0 Å². The van der Waals surface area contributed by atoms with Crippen LogP contribution in [0.15, 0.2) is 23.1 Å². The first-order chi connectivity index (χ1) is 11.3. The number of amides is 1. The molecule has 2 rings (SSSR count). The van der Waals surface area contributed by atoms with Crippen LogP contribution in [-0.2, 0) is 24.3 Å². The van der Waals surface area contributed by atoms with Gasteiger partial charge < -0.3 is 14.4 Å². The summed E-state index contributed by atoms with van der Waals surface area (Å²) in [5.41, 5.74) is 0.372. The molecular formula is C15H21FN2O5S. The largest absolute Gasteiger partial charge is 0.383 e. The van der Waals surface area contributed by atoms with Crippen LogP contribution in [0.3, 0.4) is 0 Å². The molecule has 1 heterocycles. The van der Waals surface area contributed by atoms with Crippen molar-refractivity contribution in [2.45, 2.75) is 17.9 Å². The highest BCUT2D eigenvalue weighted by atomic mass is 32.2. The first-order valence-corrected chi connectivity index (χ1v) is 8.96. The SMILES string of the molecule is COCCN1CC(CNS(=O)(=O)c2ccc(C)c(F)c2)OCC1=O. The van der Waals surface area contributed by atoms with Crippen LogP contribution in [0.4, 0.5) is 4.39 Å². The normalized spacial score (nSPS) is 18.9. The first kappa shape index (κ1) is 18.8. The van der Waals surface area contributed by atoms with Gasteiger partial charge in [-0.1, -0.05) is 6.07 Å². The number of sulfonamides is 1. The first-order valence-electron chi connectivity index (χ1n) is 7.47. The summed E-state index contributed by atoms with van der Waals surface area (Å²) in [5, 5.41) is 0. The fourth-order valence-electron chi connectivity index (χ4n) is 2.25. The number of ether oxygens (including phenoxy) is 2. The number of rotatable bonds is 7. The van der Waals surface area contributed by atoms with Gasteiger partial charge in [-0.05, 0) is 24.6 Å². The van der Waals surface area contributed by atoms with E-state index in [1.807, 2.05) is 0 Å². The summed E-state index contributed by atoms with van der Waals surface area (Å²) in [6.45, 7) is 2.54. The number of nitrogens with zero attached hydrogens (tertiary/aromatic N) is 1. The Morgan fingerprint density at radius 1 is 1.46 bits per heavy atom. The molecule has 134 valence electrons. The summed E-state index contributed by atoms with van der Waals surface area (Å²) in [5.74, 6) is -0.741. The molecule has 1 aromatic carbocycles. The lowest BCUT2D eigenvalue weighted by Gasteiger charge is -2.32. The lowest BCUT2D eigenvalue weighted by atomic mass is 10.2. The Balaban J connectivity index is 1.96. The third-order valence-corrected chi connectivity index (χ3v) is 5.16. The molecular weight excluding hydrogens is 339 g/mol. The summed E-state index contributed by atoms with van der Waals surface area (Å²) in [6, 6.07) is 3.73. The number of morpholine rings is 1. The van der Waals surface area contributed by atoms with Gasteiger partial charge in [0.15, 0.2) is 0 Å². The van der Waals surface area contributed by atoms with E-state index in [0.29, 0.717) is 18.7 Å². The third-order valence-electron chi connectivity index (χ3n) is 3.74. The molecule has 1 saturated heterocycles. The average Bonchev–Trinajstić information content (AvgIpc) is 2.55. The highest BCUT2D eigenvalue weighted by Crippen LogP contribution is 2.14. The molecule has 1 unspecified atom stereocenters. The molecule has 1 amide bonds. The van der Waals surface area contributed by atoms with Crippen LogP contribution in [0.1, 0.15) is 5.56 Å². The second-order valence-electron chi connectivity index (χ2n) is 5.53. The molecule has 0 radical (unpaired) electrons. The second-order valence-corrected chi connectivity index (χ2v) is 7.30. The second kappa shape index (κ2) is 8.02. The van der Waals surface area contributed by atoms with Crippen molar-refractivity contribution in [3.05, 3.63) is 29.6 Å². The minimum absolute atomic E-state index is 0.00537. The summed E-state index contributed by atoms with van der Waals surface area (Å²) < 4.78 is 50.7. The standard InChI is InChI=1S/C15H21FN2O5S/c1-11-3-4-13(7-14(11)16)24(20,21)17-8-12-9-18(5-6-22-2)15(19)10-23-12/h3-4,7,12,17H,5-6,8-10H2,1-2H3. The van der Waals surface area contributed by atoms with Gasteiger partial charge in [-0.25, -0.2) is 17.5 Å². The Labute approximate surface area is 140 Å². The number of aryl methyl sites for hydroxylation is 1. The Morgan fingerprint density at radius 2 is 2.21 bits per heavy atom. The number of carbonyl (C=O) groups excluding carboxylic acids is 1. The number of benzene rings is 1. The molecule has 9 heteroatoms. The van der Waals surface area contributed by atoms with Crippen LogP contribution < -0.4 is 4.72 Å². The van der Waals surface area contributed by atoms with E-state index in [1.54, 1.807) is 11.8 Å². The van der Waals surface area contributed by atoms with Crippen molar-refractivity contribution in [1.82, 2.24) is 9.62 Å². The topological polar surface area (TPSA) is 84.9 Å². The van der Waals surface area contributed by atoms with Gasteiger partial charge in [-0.3, -0.25) is 4.79 Å². The van der Waals surface area contributed by atoms with Gasteiger partial charge in [0.2, 0.25) is 15.9 Å². The van der Waals surface area contributed by atoms with Crippen LogP contribution in [0.5, 0.6) is 0 Å². The molecule has 1 N–H and O–H groups in total. The van der Waals surface area contributed by atoms with Gasteiger partial charge in [0, 0.05) is 26.7 Å². The molecule has 0 aliphatic carbocycles. The fourth-order valence-corrected chi connectivity index (χ4v) is 3.33. The highest BCUT2D eigenvalue weighted by Gasteiger charge is 2.27. The van der Waals surface area contributed by atoms with E-state index < -0.39 is 21.9 Å². The van der Waals surface area contributed by atoms with Crippen LogP contribution in [-0.4, -0.2) is 65.3 Å². The minimum Gasteiger partial charge on any atom is -0.383 e. The van der Waals surface area contributed by atoms with Crippen molar-refractivity contribution >= 4 is 15.9 Å². The van der Waals surface area contributed by atoms with Crippen LogP contribution in [0, 0.1) is 12.7 Å². The number of halogens is 1. The molecule has 1 aliphatic rings. The van der Waals surface area contributed by atoms with E-state index in [4.69, 9.17) is 9.47 Å². The van der Waals surface area contributed by atoms with E-state index in [-0.39, 0.29) is 30.5 Å². The summed E-state index contributed by atoms with van der Waals surface area (Å²) >= 11 is 0. The Morgan fingerprint density at radius 3 is 2.88 bits per heavy atom. The van der Waals surface area contributed by atoms with Crippen molar-refractivity contribution in [3.63, 3.8) is 0 Å². The number of hydrogen-bond acceptors (Lipinski definition) is 5. The van der Waals surface area contributed by atoms with Crippen LogP contribution >= 0.6 is 0 Å². The van der Waals surface area contributed by atoms with Crippen LogP contribution in [0.25, 0.3) is 0 Å². The fraction of sp³-hybridized carbons (Fsp3) is 0.533. The number of nitrogens with one attached hydrogen (secondary N) is 1. The maximum Gasteiger partial charge on any atom is 0.248 e. The maximum atomic E-state index is 13.5. The van der Waals surface area contributed by atoms with E-state index in [2.05, 4.69) is 4.72 Å². The Hall–Kier alpha value is -1.55. The van der Waals surface area contributed by atoms with E-state index in [1.165, 1.54) is 19.2 Å². The average molecular weight is 360 g/mol. The Bertz CT molecular complexity index is 695. The zero-order chi connectivity index (χ0) is 17.7. The Kier molecular flexibility index (Phi) is 6.27. The smallest absolute Gasteiger partial charge is 0.248 e. The van der Waals surface area contributed by atoms with E-state index in [9.17, 15) is 17.6 Å². The molecule has 1 atom stereocenters. The minimum atomic E-state index is -3.85. The lowest BCUT2D eigenvalue weighted by Crippen LogP contribution is -2.51. The zero-order valence-corrected chi connectivity index (χ0v) is 14.4. The van der Waals surface area contributed by atoms with Crippen LogP contribution in [0.2, 0.25) is 0 Å². The van der Waals surface area contributed by atoms with Gasteiger partial charge in [0.25, 0.3) is 0 Å². The van der Waals surface area contributed by atoms with Crippen molar-refractivity contribution in [2.75, 3.05) is 40.0 Å². The lowest BCUT2D eigenvalue weighted by molar-refractivity contribution is -0.149. The molecule has 0 aromatic heterocycles. The van der Waals surface area contributed by atoms with Crippen molar-refractivity contribution in [2.24, 2.45) is 0 Å². The summed E-state index contributed by atoms with van der Waals surface area (Å²) in [7, 11) is -2.31. The van der Waals surface area contributed by atoms with Gasteiger partial charge in [0.1, 0.15) is 12.4 Å². The maximum absolute atomic E-state index is 13.5. The molecule has 1 aromatic rings. The van der Waals surface area contributed by atoms with E-state index in [0.717, 1.165) is 6.07 Å². The molecule has 7 nitrogen and oxygen atoms in total. The molecule has 1 fully saturated rings. The monoisotopic (exact) mass is 360 g/mol. The summed E-state index contributed by atoms with van der Waals surface area (Å²) in [4.78, 5) is 13.1. The van der Waals surface area contributed by atoms with Crippen molar-refractivity contribution in [1.29, 1.82) is 0 Å². The van der Waals surface area contributed by atoms with Gasteiger partial charge in [0.05, 0.1) is 17.6 Å². The van der Waals surface area contributed by atoms with E-state index >= 15 is 0 Å². The molecule has 0 spiro atoms. The zero-order valence-electron chi connectivity index (χ0n) is 13.6. The van der Waals surface area contributed by atoms with Gasteiger partial charge >= 0.3 is 0 Å². The number of methoxy groups -OCH3 is 1. The van der Waals surface area contributed by atoms with Gasteiger partial charge in [-0.2, -0.15) is 0 Å². The number of carbonyl (C=O) groups is 1. The number of hydrogen-bond donors (Lipinski definition) is 1. The predicted molar refractivity (Wildman–Crippen MR) is 84.5 cm³/mol. The molecule has 0 bridgehead atoms. The predicted octanol–water partition coefficient (Wildman–Crippen LogP) is 0.286. The molecule has 0 saturated carbocycles. The summed E-state index contributed by atoms with van der Waals surface area (Å²) in [6.07, 6.45) is -0.468. The third kappa shape index (κ3) is 4.73. The quantitative estimate of drug-likeness (QED) is 0.755. The highest BCUT2D eigenvalue weighted by molar-refractivity contribution is 7.89. The molecule has 24 heavy (non-hydrogen) atoms. The van der Waals surface area contributed by atoms with Crippen molar-refractivity contribution < 1.29 is 27.1 Å².